The zero-order valence-corrected chi connectivity index (χ0v) is 11.4. The molecule has 0 heterocycles. The zero-order valence-electron chi connectivity index (χ0n) is 11.4. The molecule has 0 radical (unpaired) electrons. The minimum absolute atomic E-state index is 0.0209. The molecule has 1 aromatic rings. The largest absolute Gasteiger partial charge is 0.392 e. The predicted molar refractivity (Wildman–Crippen MR) is 71.8 cm³/mol. The van der Waals surface area contributed by atoms with Crippen LogP contribution in [0.3, 0.4) is 0 Å². The average Bonchev–Trinajstić information content (AvgIpc) is 2.43. The molecule has 3 heteroatoms. The topological polar surface area (TPSA) is 20.2 Å². The van der Waals surface area contributed by atoms with Crippen LogP contribution in [0.1, 0.15) is 44.6 Å². The van der Waals surface area contributed by atoms with Crippen molar-refractivity contribution in [3.05, 3.63) is 35.4 Å². The molecule has 0 spiro atoms. The summed E-state index contributed by atoms with van der Waals surface area (Å²) in [6.45, 7) is 2.19. The summed E-state index contributed by atoms with van der Waals surface area (Å²) in [5.41, 5.74) is 0.0209. The van der Waals surface area contributed by atoms with Crippen LogP contribution in [0.5, 0.6) is 0 Å². The number of hydrogen-bond donors (Lipinski definition) is 1. The molecule has 0 aromatic heterocycles. The lowest BCUT2D eigenvalue weighted by Gasteiger charge is -2.31. The molecule has 1 atom stereocenters. The van der Waals surface area contributed by atoms with Crippen LogP contribution in [0.2, 0.25) is 0 Å². The minimum Gasteiger partial charge on any atom is -0.392 e. The maximum Gasteiger partial charge on any atom is 0.129 e. The summed E-state index contributed by atoms with van der Waals surface area (Å²) >= 11 is 0. The first-order valence-electron chi connectivity index (χ1n) is 7.22. The van der Waals surface area contributed by atoms with Gasteiger partial charge in [0.05, 0.1) is 6.10 Å². The van der Waals surface area contributed by atoms with Gasteiger partial charge in [-0.3, -0.25) is 0 Å². The number of aliphatic hydroxyl groups excluding tert-OH is 1. The molecule has 1 saturated carbocycles. The van der Waals surface area contributed by atoms with Crippen molar-refractivity contribution in [3.63, 3.8) is 0 Å². The molecule has 1 aromatic carbocycles. The molecule has 0 amide bonds. The van der Waals surface area contributed by atoms with E-state index in [1.807, 2.05) is 0 Å². The van der Waals surface area contributed by atoms with Gasteiger partial charge >= 0.3 is 0 Å². The van der Waals surface area contributed by atoms with Crippen LogP contribution in [-0.2, 0) is 6.42 Å². The Bertz CT molecular complexity index is 391. The SMILES string of the molecule is CCC1CCC(C(O)Cc2c(F)cccc2F)CC1. The van der Waals surface area contributed by atoms with Crippen molar-refractivity contribution in [2.75, 3.05) is 0 Å². The van der Waals surface area contributed by atoms with Gasteiger partial charge in [0.25, 0.3) is 0 Å². The van der Waals surface area contributed by atoms with E-state index in [-0.39, 0.29) is 17.9 Å². The molecule has 1 nitrogen and oxygen atoms in total. The molecular weight excluding hydrogens is 246 g/mol. The van der Waals surface area contributed by atoms with Gasteiger partial charge in [-0.15, -0.1) is 0 Å². The third-order valence-corrected chi connectivity index (χ3v) is 4.49. The monoisotopic (exact) mass is 268 g/mol. The summed E-state index contributed by atoms with van der Waals surface area (Å²) in [7, 11) is 0. The Morgan fingerprint density at radius 2 is 1.74 bits per heavy atom. The fourth-order valence-corrected chi connectivity index (χ4v) is 3.08. The molecule has 19 heavy (non-hydrogen) atoms. The standard InChI is InChI=1S/C16H22F2O/c1-2-11-6-8-12(9-7-11)16(19)10-13-14(17)4-3-5-15(13)18/h3-5,11-12,16,19H,2,6-10H2,1H3. The maximum atomic E-state index is 13.5. The van der Waals surface area contributed by atoms with Gasteiger partial charge in [-0.1, -0.05) is 32.3 Å². The van der Waals surface area contributed by atoms with Crippen LogP contribution in [0.25, 0.3) is 0 Å². The van der Waals surface area contributed by atoms with Gasteiger partial charge in [0.2, 0.25) is 0 Å². The minimum atomic E-state index is -0.635. The van der Waals surface area contributed by atoms with Gasteiger partial charge in [-0.2, -0.15) is 0 Å². The second-order valence-electron chi connectivity index (χ2n) is 5.66. The Labute approximate surface area is 113 Å². The summed E-state index contributed by atoms with van der Waals surface area (Å²) in [5.74, 6) is -0.168. The third kappa shape index (κ3) is 3.53. The van der Waals surface area contributed by atoms with Gasteiger partial charge in [0, 0.05) is 12.0 Å². The van der Waals surface area contributed by atoms with E-state index in [9.17, 15) is 13.9 Å². The van der Waals surface area contributed by atoms with Crippen molar-refractivity contribution in [3.8, 4) is 0 Å². The molecule has 1 unspecified atom stereocenters. The highest BCUT2D eigenvalue weighted by molar-refractivity contribution is 5.20. The third-order valence-electron chi connectivity index (χ3n) is 4.49. The van der Waals surface area contributed by atoms with Crippen LogP contribution in [0.15, 0.2) is 18.2 Å². The van der Waals surface area contributed by atoms with Crippen molar-refractivity contribution in [2.45, 2.75) is 51.6 Å². The zero-order chi connectivity index (χ0) is 13.8. The molecule has 0 bridgehead atoms. The second-order valence-corrected chi connectivity index (χ2v) is 5.66. The van der Waals surface area contributed by atoms with E-state index in [0.717, 1.165) is 31.6 Å². The second kappa shape index (κ2) is 6.47. The molecule has 106 valence electrons. The fraction of sp³-hybridized carbons (Fsp3) is 0.625. The number of aliphatic hydroxyl groups is 1. The van der Waals surface area contributed by atoms with E-state index >= 15 is 0 Å². The highest BCUT2D eigenvalue weighted by Gasteiger charge is 2.27. The smallest absolute Gasteiger partial charge is 0.129 e. The molecular formula is C16H22F2O. The predicted octanol–water partition coefficient (Wildman–Crippen LogP) is 4.08. The highest BCUT2D eigenvalue weighted by Crippen LogP contribution is 2.33. The summed E-state index contributed by atoms with van der Waals surface area (Å²) in [5, 5.41) is 10.2. The Kier molecular flexibility index (Phi) is 4.92. The van der Waals surface area contributed by atoms with Crippen molar-refractivity contribution in [2.24, 2.45) is 11.8 Å². The first kappa shape index (κ1) is 14.4. The average molecular weight is 268 g/mol. The van der Waals surface area contributed by atoms with Gasteiger partial charge in [0.15, 0.2) is 0 Å². The van der Waals surface area contributed by atoms with Crippen LogP contribution < -0.4 is 0 Å². The van der Waals surface area contributed by atoms with Crippen LogP contribution in [-0.4, -0.2) is 11.2 Å². The number of hydrogen-bond acceptors (Lipinski definition) is 1. The van der Waals surface area contributed by atoms with E-state index in [1.165, 1.54) is 24.6 Å². The first-order valence-corrected chi connectivity index (χ1v) is 7.22. The van der Waals surface area contributed by atoms with Crippen molar-refractivity contribution < 1.29 is 13.9 Å². The Hall–Kier alpha value is -0.960. The van der Waals surface area contributed by atoms with E-state index in [1.54, 1.807) is 0 Å². The lowest BCUT2D eigenvalue weighted by Crippen LogP contribution is -2.28. The Morgan fingerprint density at radius 1 is 1.16 bits per heavy atom. The van der Waals surface area contributed by atoms with Gasteiger partial charge < -0.3 is 5.11 Å². The molecule has 1 aliphatic rings. The van der Waals surface area contributed by atoms with Crippen LogP contribution in [0.4, 0.5) is 8.78 Å². The molecule has 1 fully saturated rings. The number of halogens is 2. The van der Waals surface area contributed by atoms with E-state index < -0.39 is 17.7 Å². The summed E-state index contributed by atoms with van der Waals surface area (Å²) in [6, 6.07) is 3.85. The Morgan fingerprint density at radius 3 is 2.26 bits per heavy atom. The lowest BCUT2D eigenvalue weighted by atomic mass is 9.77. The summed E-state index contributed by atoms with van der Waals surface area (Å²) in [6.07, 6.45) is 4.82. The van der Waals surface area contributed by atoms with Gasteiger partial charge in [0.1, 0.15) is 11.6 Å². The number of benzene rings is 1. The quantitative estimate of drug-likeness (QED) is 0.872. The van der Waals surface area contributed by atoms with E-state index in [2.05, 4.69) is 6.92 Å². The van der Waals surface area contributed by atoms with Gasteiger partial charge in [-0.05, 0) is 36.8 Å². The summed E-state index contributed by atoms with van der Waals surface area (Å²) in [4.78, 5) is 0. The molecule has 1 aliphatic carbocycles. The summed E-state index contributed by atoms with van der Waals surface area (Å²) < 4.78 is 27.1. The van der Waals surface area contributed by atoms with E-state index in [0.29, 0.717) is 0 Å². The van der Waals surface area contributed by atoms with Crippen LogP contribution >= 0.6 is 0 Å². The van der Waals surface area contributed by atoms with Crippen molar-refractivity contribution in [1.82, 2.24) is 0 Å². The van der Waals surface area contributed by atoms with Gasteiger partial charge in [-0.25, -0.2) is 8.78 Å². The van der Waals surface area contributed by atoms with Crippen molar-refractivity contribution in [1.29, 1.82) is 0 Å². The molecule has 2 rings (SSSR count). The van der Waals surface area contributed by atoms with E-state index in [4.69, 9.17) is 0 Å². The number of rotatable bonds is 4. The Balaban J connectivity index is 1.96. The first-order chi connectivity index (χ1) is 9.11. The molecule has 1 N–H and O–H groups in total. The highest BCUT2D eigenvalue weighted by atomic mass is 19.1. The molecule has 0 aliphatic heterocycles. The van der Waals surface area contributed by atoms with Crippen molar-refractivity contribution >= 4 is 0 Å². The maximum absolute atomic E-state index is 13.5. The normalized spacial score (nSPS) is 25.3. The lowest BCUT2D eigenvalue weighted by molar-refractivity contribution is 0.0721. The fourth-order valence-electron chi connectivity index (χ4n) is 3.08. The molecule has 0 saturated heterocycles. The van der Waals surface area contributed by atoms with Crippen LogP contribution in [0, 0.1) is 23.5 Å².